The van der Waals surface area contributed by atoms with Crippen LogP contribution in [0, 0.1) is 11.3 Å². The average Bonchev–Trinajstić information content (AvgIpc) is 3.35. The number of fused-ring (bicyclic) bond motifs is 1. The summed E-state index contributed by atoms with van der Waals surface area (Å²) in [4.78, 5) is 21.9. The molecule has 0 aliphatic carbocycles. The van der Waals surface area contributed by atoms with Crippen molar-refractivity contribution in [2.24, 2.45) is 0 Å². The minimum absolute atomic E-state index is 0.0552. The fourth-order valence-electron chi connectivity index (χ4n) is 4.85. The summed E-state index contributed by atoms with van der Waals surface area (Å²) in [6.45, 7) is 4.77. The predicted octanol–water partition coefficient (Wildman–Crippen LogP) is 4.55. The molecule has 1 aliphatic rings. The van der Waals surface area contributed by atoms with E-state index < -0.39 is 6.04 Å². The number of aromatic amines is 1. The van der Waals surface area contributed by atoms with E-state index in [9.17, 15) is 4.79 Å². The highest BCUT2D eigenvalue weighted by Crippen LogP contribution is 2.28. The molecule has 1 aliphatic heterocycles. The zero-order valence-electron chi connectivity index (χ0n) is 20.6. The van der Waals surface area contributed by atoms with Crippen LogP contribution in [0.15, 0.2) is 79.0 Å². The first-order valence-electron chi connectivity index (χ1n) is 12.5. The monoisotopic (exact) mass is 477 g/mol. The predicted molar refractivity (Wildman–Crippen MR) is 144 cm³/mol. The molecule has 2 N–H and O–H groups in total. The molecule has 1 unspecified atom stereocenters. The number of nitriles is 1. The number of rotatable bonds is 8. The number of hydrogen-bond donors (Lipinski definition) is 2. The Morgan fingerprint density at radius 1 is 1.03 bits per heavy atom. The first kappa shape index (κ1) is 23.8. The molecule has 1 fully saturated rings. The second-order valence-electron chi connectivity index (χ2n) is 9.44. The van der Waals surface area contributed by atoms with Crippen LogP contribution in [0.5, 0.6) is 0 Å². The van der Waals surface area contributed by atoms with Crippen LogP contribution in [0.3, 0.4) is 0 Å². The van der Waals surface area contributed by atoms with Crippen LogP contribution >= 0.6 is 0 Å². The molecule has 0 saturated carbocycles. The van der Waals surface area contributed by atoms with Gasteiger partial charge in [-0.2, -0.15) is 5.26 Å². The molecule has 2 heterocycles. The van der Waals surface area contributed by atoms with E-state index in [-0.39, 0.29) is 5.78 Å². The van der Waals surface area contributed by atoms with Crippen molar-refractivity contribution in [1.29, 1.82) is 5.26 Å². The van der Waals surface area contributed by atoms with Crippen LogP contribution in [0.2, 0.25) is 0 Å². The van der Waals surface area contributed by atoms with Crippen LogP contribution in [0.4, 0.5) is 5.69 Å². The third-order valence-corrected chi connectivity index (χ3v) is 7.04. The largest absolute Gasteiger partial charge is 0.369 e. The van der Waals surface area contributed by atoms with Gasteiger partial charge in [0.15, 0.2) is 5.78 Å². The molecule has 0 spiro atoms. The Morgan fingerprint density at radius 3 is 2.50 bits per heavy atom. The van der Waals surface area contributed by atoms with Crippen molar-refractivity contribution in [3.63, 3.8) is 0 Å². The molecule has 0 amide bonds. The van der Waals surface area contributed by atoms with Gasteiger partial charge in [0.25, 0.3) is 0 Å². The Balaban J connectivity index is 1.35. The van der Waals surface area contributed by atoms with Crippen LogP contribution in [-0.4, -0.2) is 55.4 Å². The lowest BCUT2D eigenvalue weighted by Crippen LogP contribution is -2.44. The molecule has 1 aromatic heterocycles. The van der Waals surface area contributed by atoms with Gasteiger partial charge in [-0.1, -0.05) is 48.5 Å². The van der Waals surface area contributed by atoms with Gasteiger partial charge in [-0.25, -0.2) is 0 Å². The summed E-state index contributed by atoms with van der Waals surface area (Å²) in [5.74, 6) is 0.0552. The van der Waals surface area contributed by atoms with E-state index in [1.54, 1.807) is 0 Å². The summed E-state index contributed by atoms with van der Waals surface area (Å²) in [7, 11) is 2.16. The number of hydrogen-bond acceptors (Lipinski definition) is 5. The molecule has 1 atom stereocenters. The van der Waals surface area contributed by atoms with Crippen molar-refractivity contribution in [2.75, 3.05) is 44.7 Å². The van der Waals surface area contributed by atoms with E-state index in [1.165, 1.54) is 5.69 Å². The van der Waals surface area contributed by atoms with E-state index in [1.807, 2.05) is 60.8 Å². The fraction of sp³-hybridized carbons (Fsp3) is 0.267. The Labute approximate surface area is 212 Å². The second-order valence-corrected chi connectivity index (χ2v) is 9.44. The summed E-state index contributed by atoms with van der Waals surface area (Å²) in [5.41, 5.74) is 5.61. The maximum absolute atomic E-state index is 13.8. The Bertz CT molecular complexity index is 1360. The van der Waals surface area contributed by atoms with Crippen LogP contribution < -0.4 is 10.2 Å². The number of aromatic nitrogens is 1. The summed E-state index contributed by atoms with van der Waals surface area (Å²) >= 11 is 0. The minimum Gasteiger partial charge on any atom is -0.369 e. The maximum atomic E-state index is 13.8. The molecule has 1 saturated heterocycles. The van der Waals surface area contributed by atoms with E-state index in [2.05, 4.69) is 51.4 Å². The van der Waals surface area contributed by atoms with Crippen LogP contribution in [0.1, 0.15) is 33.1 Å². The van der Waals surface area contributed by atoms with Gasteiger partial charge in [0, 0.05) is 61.1 Å². The highest BCUT2D eigenvalue weighted by atomic mass is 16.1. The van der Waals surface area contributed by atoms with Crippen molar-refractivity contribution in [3.05, 3.63) is 101 Å². The standard InChI is InChI=1S/C30H31N5O/c1-34-15-17-35(18-16-34)25-11-12-26-27(21-33-28(26)19-25)30(36)29(24-5-3-2-4-6-24)32-14-13-22-7-9-23(20-31)10-8-22/h2-12,19,21,29,32-33H,13-18H2,1H3. The van der Waals surface area contributed by atoms with Crippen molar-refractivity contribution >= 4 is 22.4 Å². The number of benzene rings is 3. The van der Waals surface area contributed by atoms with Gasteiger partial charge in [-0.15, -0.1) is 0 Å². The second kappa shape index (κ2) is 10.8. The van der Waals surface area contributed by atoms with Crippen molar-refractivity contribution in [3.8, 4) is 6.07 Å². The molecule has 6 nitrogen and oxygen atoms in total. The van der Waals surface area contributed by atoms with Gasteiger partial charge in [0.1, 0.15) is 0 Å². The van der Waals surface area contributed by atoms with E-state index in [0.29, 0.717) is 17.7 Å². The molecular formula is C30H31N5O. The quantitative estimate of drug-likeness (QED) is 0.364. The number of carbonyl (C=O) groups is 1. The number of nitrogens with zero attached hydrogens (tertiary/aromatic N) is 3. The van der Waals surface area contributed by atoms with E-state index in [4.69, 9.17) is 5.26 Å². The lowest BCUT2D eigenvalue weighted by Gasteiger charge is -2.34. The third-order valence-electron chi connectivity index (χ3n) is 7.04. The highest BCUT2D eigenvalue weighted by Gasteiger charge is 2.24. The Hall–Kier alpha value is -3.92. The molecule has 4 aromatic rings. The van der Waals surface area contributed by atoms with Crippen molar-refractivity contribution in [2.45, 2.75) is 12.5 Å². The van der Waals surface area contributed by atoms with Gasteiger partial charge in [-0.3, -0.25) is 4.79 Å². The molecule has 0 radical (unpaired) electrons. The molecule has 6 heteroatoms. The lowest BCUT2D eigenvalue weighted by atomic mass is 9.96. The van der Waals surface area contributed by atoms with Crippen molar-refractivity contribution in [1.82, 2.24) is 15.2 Å². The molecule has 3 aromatic carbocycles. The van der Waals surface area contributed by atoms with Gasteiger partial charge in [0.05, 0.1) is 17.7 Å². The zero-order valence-corrected chi connectivity index (χ0v) is 20.6. The Morgan fingerprint density at radius 2 is 1.78 bits per heavy atom. The number of piperazine rings is 1. The third kappa shape index (κ3) is 5.18. The SMILES string of the molecule is CN1CCN(c2ccc3c(C(=O)C(NCCc4ccc(C#N)cc4)c4ccccc4)c[nH]c3c2)CC1. The number of ketones is 1. The molecular weight excluding hydrogens is 446 g/mol. The van der Waals surface area contributed by atoms with Gasteiger partial charge >= 0.3 is 0 Å². The molecule has 0 bridgehead atoms. The average molecular weight is 478 g/mol. The maximum Gasteiger partial charge on any atom is 0.186 e. The number of anilines is 1. The van der Waals surface area contributed by atoms with E-state index >= 15 is 0 Å². The number of likely N-dealkylation sites (N-methyl/N-ethyl adjacent to an activating group) is 1. The Kier molecular flexibility index (Phi) is 7.13. The van der Waals surface area contributed by atoms with Crippen LogP contribution in [0.25, 0.3) is 10.9 Å². The first-order chi connectivity index (χ1) is 17.6. The normalized spacial score (nSPS) is 15.1. The number of Topliss-reactive ketones (excluding diaryl/α,β-unsaturated/α-hetero) is 1. The summed E-state index contributed by atoms with van der Waals surface area (Å²) in [5, 5.41) is 13.5. The van der Waals surface area contributed by atoms with Gasteiger partial charge in [-0.05, 0) is 48.9 Å². The summed E-state index contributed by atoms with van der Waals surface area (Å²) in [6, 6.07) is 25.6. The summed E-state index contributed by atoms with van der Waals surface area (Å²) in [6.07, 6.45) is 2.61. The topological polar surface area (TPSA) is 75.2 Å². The fourth-order valence-corrected chi connectivity index (χ4v) is 4.85. The smallest absolute Gasteiger partial charge is 0.186 e. The molecule has 182 valence electrons. The van der Waals surface area contributed by atoms with Crippen molar-refractivity contribution < 1.29 is 4.79 Å². The summed E-state index contributed by atoms with van der Waals surface area (Å²) < 4.78 is 0. The molecule has 5 rings (SSSR count). The van der Waals surface area contributed by atoms with Crippen LogP contribution in [-0.2, 0) is 6.42 Å². The number of carbonyl (C=O) groups excluding carboxylic acids is 1. The number of H-pyrrole nitrogens is 1. The van der Waals surface area contributed by atoms with E-state index in [0.717, 1.165) is 54.6 Å². The minimum atomic E-state index is -0.444. The first-order valence-corrected chi connectivity index (χ1v) is 12.5. The zero-order chi connectivity index (χ0) is 24.9. The molecule has 36 heavy (non-hydrogen) atoms. The van der Waals surface area contributed by atoms with Gasteiger partial charge in [0.2, 0.25) is 0 Å². The highest BCUT2D eigenvalue weighted by molar-refractivity contribution is 6.11. The lowest BCUT2D eigenvalue weighted by molar-refractivity contribution is 0.0945. The van der Waals surface area contributed by atoms with Gasteiger partial charge < -0.3 is 20.1 Å². The number of nitrogens with one attached hydrogen (secondary N) is 2.